The summed E-state index contributed by atoms with van der Waals surface area (Å²) in [6.07, 6.45) is 0. The molecule has 4 nitrogen and oxygen atoms in total. The van der Waals surface area contributed by atoms with Gasteiger partial charge in [-0.1, -0.05) is 38.1 Å². The predicted octanol–water partition coefficient (Wildman–Crippen LogP) is 5.58. The summed E-state index contributed by atoms with van der Waals surface area (Å²) in [6.45, 7) is 7.30. The van der Waals surface area contributed by atoms with E-state index in [-0.39, 0.29) is 11.7 Å². The highest BCUT2D eigenvalue weighted by molar-refractivity contribution is 7.21. The van der Waals surface area contributed by atoms with E-state index in [1.807, 2.05) is 39.0 Å². The van der Waals surface area contributed by atoms with Crippen LogP contribution >= 0.6 is 11.3 Å². The van der Waals surface area contributed by atoms with Gasteiger partial charge in [-0.05, 0) is 48.6 Å². The molecule has 2 aromatic carbocycles. The number of hydrogen-bond acceptors (Lipinski definition) is 4. The number of thiophene rings is 1. The number of benzene rings is 2. The molecule has 3 rings (SSSR count). The highest BCUT2D eigenvalue weighted by Gasteiger charge is 2.20. The topological polar surface area (TPSA) is 55.4 Å². The van der Waals surface area contributed by atoms with E-state index in [0.717, 1.165) is 28.2 Å². The summed E-state index contributed by atoms with van der Waals surface area (Å²) < 4.78 is 19.9. The van der Waals surface area contributed by atoms with Crippen molar-refractivity contribution >= 4 is 39.0 Å². The molecule has 0 aliphatic heterocycles. The van der Waals surface area contributed by atoms with Crippen LogP contribution in [0.5, 0.6) is 0 Å². The Hall–Kier alpha value is -2.73. The minimum atomic E-state index is -0.623. The molecule has 0 spiro atoms. The molecular weight excluding hydrogens is 377 g/mol. The number of amides is 1. The molecule has 0 saturated carbocycles. The molecule has 1 amide bonds. The number of fused-ring (bicyclic) bond motifs is 1. The number of esters is 1. The van der Waals surface area contributed by atoms with Crippen molar-refractivity contribution in [1.82, 2.24) is 0 Å². The lowest BCUT2D eigenvalue weighted by Crippen LogP contribution is -2.22. The molecule has 3 aromatic rings. The van der Waals surface area contributed by atoms with Gasteiger partial charge in [-0.2, -0.15) is 0 Å². The molecule has 0 atom stereocenters. The standard InChI is InChI=1S/C22H22FNO3S/c1-12(2)15-8-5-7-13(3)20(15)24-18(25)11-27-22(26)21-14(4)19-16(23)9-6-10-17(19)28-21/h5-10,12H,11H2,1-4H3,(H,24,25). The van der Waals surface area contributed by atoms with Gasteiger partial charge in [-0.15, -0.1) is 11.3 Å². The molecule has 1 N–H and O–H groups in total. The van der Waals surface area contributed by atoms with Crippen molar-refractivity contribution < 1.29 is 18.7 Å². The molecule has 1 heterocycles. The molecule has 0 saturated heterocycles. The second-order valence-corrected chi connectivity index (χ2v) is 8.04. The van der Waals surface area contributed by atoms with E-state index in [0.29, 0.717) is 20.5 Å². The Morgan fingerprint density at radius 2 is 1.86 bits per heavy atom. The number of anilines is 1. The smallest absolute Gasteiger partial charge is 0.349 e. The van der Waals surface area contributed by atoms with E-state index in [1.54, 1.807) is 19.1 Å². The van der Waals surface area contributed by atoms with Crippen LogP contribution in [-0.4, -0.2) is 18.5 Å². The van der Waals surface area contributed by atoms with E-state index < -0.39 is 18.5 Å². The number of aryl methyl sites for hydroxylation is 2. The Morgan fingerprint density at radius 3 is 2.54 bits per heavy atom. The van der Waals surface area contributed by atoms with Crippen LogP contribution in [0.2, 0.25) is 0 Å². The Morgan fingerprint density at radius 1 is 1.14 bits per heavy atom. The average Bonchev–Trinajstić information content (AvgIpc) is 2.99. The van der Waals surface area contributed by atoms with Crippen molar-refractivity contribution in [2.75, 3.05) is 11.9 Å². The van der Waals surface area contributed by atoms with E-state index in [2.05, 4.69) is 5.32 Å². The summed E-state index contributed by atoms with van der Waals surface area (Å²) >= 11 is 1.16. The molecular formula is C22H22FNO3S. The van der Waals surface area contributed by atoms with Gasteiger partial charge in [0.2, 0.25) is 0 Å². The zero-order valence-corrected chi connectivity index (χ0v) is 17.1. The first kappa shape index (κ1) is 20.0. The normalized spacial score (nSPS) is 11.1. The Bertz CT molecular complexity index is 1060. The van der Waals surface area contributed by atoms with E-state index in [9.17, 15) is 14.0 Å². The monoisotopic (exact) mass is 399 g/mol. The van der Waals surface area contributed by atoms with Crippen molar-refractivity contribution in [2.45, 2.75) is 33.6 Å². The zero-order valence-electron chi connectivity index (χ0n) is 16.3. The number of ether oxygens (including phenoxy) is 1. The summed E-state index contributed by atoms with van der Waals surface area (Å²) in [6, 6.07) is 10.6. The first-order chi connectivity index (χ1) is 13.3. The summed E-state index contributed by atoms with van der Waals surface area (Å²) in [4.78, 5) is 25.1. The van der Waals surface area contributed by atoms with Crippen LogP contribution in [0.15, 0.2) is 36.4 Å². The fourth-order valence-corrected chi connectivity index (χ4v) is 4.28. The predicted molar refractivity (Wildman–Crippen MR) is 111 cm³/mol. The number of carbonyl (C=O) groups is 2. The highest BCUT2D eigenvalue weighted by atomic mass is 32.1. The molecule has 28 heavy (non-hydrogen) atoms. The molecule has 6 heteroatoms. The largest absolute Gasteiger partial charge is 0.451 e. The minimum Gasteiger partial charge on any atom is -0.451 e. The number of rotatable bonds is 5. The third kappa shape index (κ3) is 3.92. The van der Waals surface area contributed by atoms with Crippen LogP contribution in [0.3, 0.4) is 0 Å². The van der Waals surface area contributed by atoms with Gasteiger partial charge in [0.25, 0.3) is 5.91 Å². The van der Waals surface area contributed by atoms with Gasteiger partial charge in [0.15, 0.2) is 6.61 Å². The van der Waals surface area contributed by atoms with Crippen molar-refractivity contribution in [3.8, 4) is 0 Å². The second kappa shape index (κ2) is 8.10. The maximum Gasteiger partial charge on any atom is 0.349 e. The SMILES string of the molecule is Cc1cccc(C(C)C)c1NC(=O)COC(=O)c1sc2cccc(F)c2c1C. The number of para-hydroxylation sites is 1. The second-order valence-electron chi connectivity index (χ2n) is 6.99. The van der Waals surface area contributed by atoms with Crippen LogP contribution in [-0.2, 0) is 9.53 Å². The van der Waals surface area contributed by atoms with Gasteiger partial charge >= 0.3 is 5.97 Å². The first-order valence-electron chi connectivity index (χ1n) is 9.03. The average molecular weight is 399 g/mol. The van der Waals surface area contributed by atoms with Gasteiger partial charge in [0.05, 0.1) is 0 Å². The summed E-state index contributed by atoms with van der Waals surface area (Å²) in [5.74, 6) is -1.16. The van der Waals surface area contributed by atoms with Crippen molar-refractivity contribution in [3.63, 3.8) is 0 Å². The van der Waals surface area contributed by atoms with Crippen LogP contribution in [0.25, 0.3) is 10.1 Å². The maximum atomic E-state index is 14.0. The van der Waals surface area contributed by atoms with E-state index >= 15 is 0 Å². The van der Waals surface area contributed by atoms with E-state index in [4.69, 9.17) is 4.74 Å². The lowest BCUT2D eigenvalue weighted by Gasteiger charge is -2.16. The molecule has 0 radical (unpaired) electrons. The van der Waals surface area contributed by atoms with Crippen molar-refractivity contribution in [1.29, 1.82) is 0 Å². The molecule has 0 unspecified atom stereocenters. The maximum absolute atomic E-state index is 14.0. The van der Waals surface area contributed by atoms with Gasteiger partial charge in [-0.3, -0.25) is 4.79 Å². The molecule has 0 bridgehead atoms. The van der Waals surface area contributed by atoms with Crippen LogP contribution < -0.4 is 5.32 Å². The van der Waals surface area contributed by atoms with Gasteiger partial charge in [0, 0.05) is 15.8 Å². The van der Waals surface area contributed by atoms with Gasteiger partial charge in [0.1, 0.15) is 10.7 Å². The Balaban J connectivity index is 1.72. The summed E-state index contributed by atoms with van der Waals surface area (Å²) in [5, 5.41) is 3.27. The lowest BCUT2D eigenvalue weighted by molar-refractivity contribution is -0.119. The molecule has 1 aromatic heterocycles. The fourth-order valence-electron chi connectivity index (χ4n) is 3.16. The molecule has 146 valence electrons. The van der Waals surface area contributed by atoms with Crippen LogP contribution in [0.4, 0.5) is 10.1 Å². The van der Waals surface area contributed by atoms with E-state index in [1.165, 1.54) is 6.07 Å². The lowest BCUT2D eigenvalue weighted by atomic mass is 9.98. The van der Waals surface area contributed by atoms with Crippen LogP contribution in [0, 0.1) is 19.7 Å². The summed E-state index contributed by atoms with van der Waals surface area (Å²) in [5.41, 5.74) is 3.25. The Labute approximate surface area is 167 Å². The zero-order chi connectivity index (χ0) is 20.4. The fraction of sp³-hybridized carbons (Fsp3) is 0.273. The molecule has 0 fully saturated rings. The van der Waals surface area contributed by atoms with Crippen LogP contribution in [0.1, 0.15) is 46.1 Å². The minimum absolute atomic E-state index is 0.244. The Kier molecular flexibility index (Phi) is 5.79. The number of halogens is 1. The van der Waals surface area contributed by atoms with Gasteiger partial charge < -0.3 is 10.1 Å². The third-order valence-electron chi connectivity index (χ3n) is 4.61. The first-order valence-corrected chi connectivity index (χ1v) is 9.85. The van der Waals surface area contributed by atoms with Crippen molar-refractivity contribution in [3.05, 3.63) is 63.8 Å². The molecule has 0 aliphatic carbocycles. The highest BCUT2D eigenvalue weighted by Crippen LogP contribution is 2.33. The number of hydrogen-bond donors (Lipinski definition) is 1. The van der Waals surface area contributed by atoms with Crippen molar-refractivity contribution in [2.24, 2.45) is 0 Å². The summed E-state index contributed by atoms with van der Waals surface area (Å²) in [7, 11) is 0. The molecule has 0 aliphatic rings. The third-order valence-corrected chi connectivity index (χ3v) is 5.85. The number of carbonyl (C=O) groups excluding carboxylic acids is 2. The number of nitrogens with one attached hydrogen (secondary N) is 1. The quantitative estimate of drug-likeness (QED) is 0.570. The van der Waals surface area contributed by atoms with Gasteiger partial charge in [-0.25, -0.2) is 9.18 Å².